The highest BCUT2D eigenvalue weighted by atomic mass is 14.4. The Morgan fingerprint density at radius 2 is 1.33 bits per heavy atom. The molecule has 5 aliphatic carbocycles. The van der Waals surface area contributed by atoms with Crippen LogP contribution in [0.25, 0.3) is 0 Å². The molecule has 0 radical (unpaired) electrons. The third kappa shape index (κ3) is 1.40. The first-order chi connectivity index (χ1) is 10.3. The highest BCUT2D eigenvalue weighted by Crippen LogP contribution is 2.53. The summed E-state index contributed by atoms with van der Waals surface area (Å²) < 4.78 is 0. The fourth-order valence-corrected chi connectivity index (χ4v) is 4.28. The molecular weight excluding hydrogens is 252 g/mol. The Morgan fingerprint density at radius 3 is 2.14 bits per heavy atom. The molecule has 0 heteroatoms. The average Bonchev–Trinajstić information content (AvgIpc) is 2.51. The first-order valence-corrected chi connectivity index (χ1v) is 7.62. The van der Waals surface area contributed by atoms with E-state index in [2.05, 4.69) is 73.8 Å². The van der Waals surface area contributed by atoms with Crippen molar-refractivity contribution in [3.05, 3.63) is 106 Å². The van der Waals surface area contributed by atoms with Crippen molar-refractivity contribution in [3.8, 4) is 0 Å². The lowest BCUT2D eigenvalue weighted by Crippen LogP contribution is -2.29. The van der Waals surface area contributed by atoms with Gasteiger partial charge < -0.3 is 0 Å². The van der Waals surface area contributed by atoms with Crippen LogP contribution >= 0.6 is 0 Å². The zero-order valence-corrected chi connectivity index (χ0v) is 12.0. The van der Waals surface area contributed by atoms with Crippen LogP contribution in [0.2, 0.25) is 0 Å². The minimum atomic E-state index is 0.437. The van der Waals surface area contributed by atoms with Crippen molar-refractivity contribution in [1.82, 2.24) is 0 Å². The van der Waals surface area contributed by atoms with E-state index < -0.39 is 0 Å². The number of fused-ring (bicyclic) bond motifs is 1. The smallest absolute Gasteiger partial charge is 0.0346 e. The predicted octanol–water partition coefficient (Wildman–Crippen LogP) is 4.90. The molecule has 0 aromatic heterocycles. The van der Waals surface area contributed by atoms with Crippen LogP contribution < -0.4 is 0 Å². The molecule has 0 heterocycles. The van der Waals surface area contributed by atoms with Gasteiger partial charge >= 0.3 is 0 Å². The summed E-state index contributed by atoms with van der Waals surface area (Å²) in [5, 5.41) is 0. The molecule has 2 atom stereocenters. The summed E-state index contributed by atoms with van der Waals surface area (Å²) in [5.41, 5.74) is 10.2. The number of rotatable bonds is 0. The summed E-state index contributed by atoms with van der Waals surface area (Å²) in [6.45, 7) is 2.21. The molecule has 0 aromatic rings. The molecule has 5 aliphatic rings. The zero-order chi connectivity index (χ0) is 14.0. The van der Waals surface area contributed by atoms with Crippen LogP contribution in [0, 0.1) is 11.8 Å². The molecule has 21 heavy (non-hydrogen) atoms. The van der Waals surface area contributed by atoms with Crippen LogP contribution in [0.1, 0.15) is 6.92 Å². The Labute approximate surface area is 125 Å². The van der Waals surface area contributed by atoms with Crippen molar-refractivity contribution in [2.75, 3.05) is 0 Å². The third-order valence-electron chi connectivity index (χ3n) is 5.05. The number of hydrogen-bond acceptors (Lipinski definition) is 0. The summed E-state index contributed by atoms with van der Waals surface area (Å²) in [5.74, 6) is 0.874. The van der Waals surface area contributed by atoms with Gasteiger partial charge in [-0.3, -0.25) is 0 Å². The Hall–Kier alpha value is -2.34. The third-order valence-corrected chi connectivity index (χ3v) is 5.05. The molecular formula is C21H16. The Balaban J connectivity index is 1.88. The molecule has 0 N–H and O–H groups in total. The summed E-state index contributed by atoms with van der Waals surface area (Å²) in [6, 6.07) is 0. The molecule has 0 amide bonds. The molecule has 2 unspecified atom stereocenters. The summed E-state index contributed by atoms with van der Waals surface area (Å²) in [4.78, 5) is 0. The highest BCUT2D eigenvalue weighted by Gasteiger charge is 2.40. The van der Waals surface area contributed by atoms with Crippen LogP contribution in [0.5, 0.6) is 0 Å². The predicted molar refractivity (Wildman–Crippen MR) is 87.5 cm³/mol. The summed E-state index contributed by atoms with van der Waals surface area (Å²) in [6.07, 6.45) is 25.1. The maximum atomic E-state index is 2.39. The van der Waals surface area contributed by atoms with E-state index in [-0.39, 0.29) is 0 Å². The van der Waals surface area contributed by atoms with E-state index >= 15 is 0 Å². The molecule has 0 aliphatic heterocycles. The van der Waals surface area contributed by atoms with Gasteiger partial charge in [0.2, 0.25) is 0 Å². The highest BCUT2D eigenvalue weighted by molar-refractivity contribution is 5.70. The number of allylic oxidation sites excluding steroid dienone is 18. The second kappa shape index (κ2) is 3.85. The topological polar surface area (TPSA) is 0 Å². The second-order valence-electron chi connectivity index (χ2n) is 6.30. The van der Waals surface area contributed by atoms with Gasteiger partial charge in [-0.2, -0.15) is 0 Å². The molecule has 100 valence electrons. The van der Waals surface area contributed by atoms with Crippen LogP contribution in [-0.4, -0.2) is 0 Å². The van der Waals surface area contributed by atoms with Gasteiger partial charge in [0, 0.05) is 11.8 Å². The van der Waals surface area contributed by atoms with E-state index in [1.807, 2.05) is 0 Å². The molecule has 0 nitrogen and oxygen atoms in total. The van der Waals surface area contributed by atoms with Gasteiger partial charge in [0.25, 0.3) is 0 Å². The van der Waals surface area contributed by atoms with E-state index in [0.717, 1.165) is 0 Å². The number of hydrogen-bond donors (Lipinski definition) is 0. The van der Waals surface area contributed by atoms with Crippen molar-refractivity contribution >= 4 is 0 Å². The van der Waals surface area contributed by atoms with Gasteiger partial charge in [0.05, 0.1) is 0 Å². The lowest BCUT2D eigenvalue weighted by molar-refractivity contribution is 0.722. The van der Waals surface area contributed by atoms with Gasteiger partial charge in [0.15, 0.2) is 0 Å². The van der Waals surface area contributed by atoms with Crippen molar-refractivity contribution in [1.29, 1.82) is 0 Å². The quantitative estimate of drug-likeness (QED) is 0.586. The lowest BCUT2D eigenvalue weighted by Gasteiger charge is -2.42. The van der Waals surface area contributed by atoms with Crippen LogP contribution in [-0.2, 0) is 0 Å². The van der Waals surface area contributed by atoms with Crippen molar-refractivity contribution in [2.24, 2.45) is 11.8 Å². The maximum absolute atomic E-state index is 2.39. The summed E-state index contributed by atoms with van der Waals surface area (Å²) >= 11 is 0. The minimum Gasteiger partial charge on any atom is -0.0616 e. The molecule has 0 spiro atoms. The monoisotopic (exact) mass is 268 g/mol. The van der Waals surface area contributed by atoms with Crippen LogP contribution in [0.3, 0.4) is 0 Å². The van der Waals surface area contributed by atoms with Gasteiger partial charge in [-0.05, 0) is 40.4 Å². The fourth-order valence-electron chi connectivity index (χ4n) is 4.28. The van der Waals surface area contributed by atoms with Crippen molar-refractivity contribution in [3.63, 3.8) is 0 Å². The Morgan fingerprint density at radius 1 is 0.667 bits per heavy atom. The van der Waals surface area contributed by atoms with E-state index in [1.54, 1.807) is 0 Å². The molecule has 0 aromatic carbocycles. The largest absolute Gasteiger partial charge is 0.0616 e. The second-order valence-corrected chi connectivity index (χ2v) is 6.30. The average molecular weight is 268 g/mol. The fraction of sp³-hybridized carbons (Fsp3) is 0.143. The first-order valence-electron chi connectivity index (χ1n) is 7.62. The SMILES string of the molecule is CC1=CC2=C3C=CC=C4C=CC=C(C5=CC=CC(=C1)C52)C43. The van der Waals surface area contributed by atoms with Crippen LogP contribution in [0.4, 0.5) is 0 Å². The molecule has 5 rings (SSSR count). The minimum absolute atomic E-state index is 0.437. The molecule has 0 saturated heterocycles. The lowest BCUT2D eigenvalue weighted by atomic mass is 9.61. The van der Waals surface area contributed by atoms with E-state index in [4.69, 9.17) is 0 Å². The zero-order valence-electron chi connectivity index (χ0n) is 12.0. The van der Waals surface area contributed by atoms with Crippen molar-refractivity contribution in [2.45, 2.75) is 6.92 Å². The normalized spacial score (nSPS) is 30.8. The van der Waals surface area contributed by atoms with Gasteiger partial charge in [-0.25, -0.2) is 0 Å². The van der Waals surface area contributed by atoms with Gasteiger partial charge in [-0.1, -0.05) is 72.4 Å². The van der Waals surface area contributed by atoms with E-state index in [1.165, 1.54) is 39.0 Å². The molecule has 0 bridgehead atoms. The van der Waals surface area contributed by atoms with Crippen LogP contribution in [0.15, 0.2) is 106 Å². The standard InChI is InChI=1S/C21H16/c1-13-11-15-7-4-9-17-16-8-2-5-14-6-3-10-18(20(14)16)19(12-13)21(15)17/h2-12,20-21H,1H3. The van der Waals surface area contributed by atoms with Gasteiger partial charge in [-0.15, -0.1) is 0 Å². The Kier molecular flexibility index (Phi) is 2.08. The van der Waals surface area contributed by atoms with E-state index in [0.29, 0.717) is 11.8 Å². The molecule has 0 fully saturated rings. The van der Waals surface area contributed by atoms with E-state index in [9.17, 15) is 0 Å². The van der Waals surface area contributed by atoms with Gasteiger partial charge in [0.1, 0.15) is 0 Å². The maximum Gasteiger partial charge on any atom is 0.0346 e. The first kappa shape index (κ1) is 11.3. The molecule has 0 saturated carbocycles. The summed E-state index contributed by atoms with van der Waals surface area (Å²) in [7, 11) is 0. The Bertz CT molecular complexity index is 838. The van der Waals surface area contributed by atoms with Crippen molar-refractivity contribution < 1.29 is 0 Å².